The standard InChI is InChI=1S/C32H27ClN2O3/c1-31(2)19-32(3,21-14-16-22(33)17-15-21)25-12-4-5-13-26(25)35(31)27(36)18-34-29(37)23-10-6-8-20-9-7-11-24(28(20)23)30(34)38/h4-17H,18-19H2,1-3H3/t32-/m1/s1. The molecule has 6 heteroatoms. The van der Waals surface area contributed by atoms with Crippen LogP contribution in [0.2, 0.25) is 5.02 Å². The Hall–Kier alpha value is -3.96. The number of nitrogens with zero attached hydrogens (tertiary/aromatic N) is 2. The minimum Gasteiger partial charge on any atom is -0.305 e. The number of amides is 3. The van der Waals surface area contributed by atoms with E-state index in [1.165, 1.54) is 0 Å². The highest BCUT2D eigenvalue weighted by atomic mass is 35.5. The van der Waals surface area contributed by atoms with E-state index in [1.807, 2.05) is 74.5 Å². The molecular weight excluding hydrogens is 496 g/mol. The van der Waals surface area contributed by atoms with Crippen molar-refractivity contribution in [3.05, 3.63) is 112 Å². The van der Waals surface area contributed by atoms with Crippen LogP contribution in [0.5, 0.6) is 0 Å². The van der Waals surface area contributed by atoms with E-state index in [-0.39, 0.29) is 17.9 Å². The van der Waals surface area contributed by atoms with E-state index in [1.54, 1.807) is 29.2 Å². The highest BCUT2D eigenvalue weighted by Crippen LogP contribution is 2.50. The second-order valence-corrected chi connectivity index (χ2v) is 11.4. The summed E-state index contributed by atoms with van der Waals surface area (Å²) in [6, 6.07) is 26.5. The summed E-state index contributed by atoms with van der Waals surface area (Å²) >= 11 is 6.18. The number of imide groups is 1. The summed E-state index contributed by atoms with van der Waals surface area (Å²) in [7, 11) is 0. The van der Waals surface area contributed by atoms with Crippen molar-refractivity contribution in [1.29, 1.82) is 0 Å². The zero-order chi connectivity index (χ0) is 26.8. The molecule has 2 aliphatic heterocycles. The molecule has 0 radical (unpaired) electrons. The van der Waals surface area contributed by atoms with Gasteiger partial charge in [0.15, 0.2) is 0 Å². The van der Waals surface area contributed by atoms with Gasteiger partial charge in [-0.1, -0.05) is 73.1 Å². The number of benzene rings is 4. The summed E-state index contributed by atoms with van der Waals surface area (Å²) in [6.45, 7) is 5.92. The third-order valence-electron chi connectivity index (χ3n) is 8.01. The first-order valence-corrected chi connectivity index (χ1v) is 13.1. The maximum Gasteiger partial charge on any atom is 0.261 e. The molecule has 2 aliphatic rings. The third kappa shape index (κ3) is 3.57. The molecule has 2 heterocycles. The Bertz CT molecular complexity index is 1590. The van der Waals surface area contributed by atoms with Crippen LogP contribution < -0.4 is 4.90 Å². The van der Waals surface area contributed by atoms with Gasteiger partial charge >= 0.3 is 0 Å². The average Bonchev–Trinajstić information content (AvgIpc) is 2.89. The first-order valence-electron chi connectivity index (χ1n) is 12.7. The van der Waals surface area contributed by atoms with Gasteiger partial charge in [0.25, 0.3) is 11.8 Å². The normalized spacial score (nSPS) is 20.0. The molecule has 4 aromatic carbocycles. The van der Waals surface area contributed by atoms with Crippen molar-refractivity contribution in [3.8, 4) is 0 Å². The Morgan fingerprint density at radius 3 is 2.05 bits per heavy atom. The van der Waals surface area contributed by atoms with E-state index in [0.717, 1.165) is 27.1 Å². The molecule has 0 spiro atoms. The lowest BCUT2D eigenvalue weighted by Gasteiger charge is -2.51. The van der Waals surface area contributed by atoms with Crippen molar-refractivity contribution in [3.63, 3.8) is 0 Å². The third-order valence-corrected chi connectivity index (χ3v) is 8.26. The van der Waals surface area contributed by atoms with Crippen molar-refractivity contribution >= 4 is 45.8 Å². The van der Waals surface area contributed by atoms with Crippen molar-refractivity contribution in [2.45, 2.75) is 38.1 Å². The smallest absolute Gasteiger partial charge is 0.261 e. The maximum absolute atomic E-state index is 14.0. The summed E-state index contributed by atoms with van der Waals surface area (Å²) in [4.78, 5) is 43.9. The van der Waals surface area contributed by atoms with Crippen LogP contribution in [0.4, 0.5) is 5.69 Å². The van der Waals surface area contributed by atoms with Crippen molar-refractivity contribution < 1.29 is 14.4 Å². The van der Waals surface area contributed by atoms with Crippen molar-refractivity contribution in [1.82, 2.24) is 4.90 Å². The monoisotopic (exact) mass is 522 g/mol. The molecular formula is C32H27ClN2O3. The Morgan fingerprint density at radius 2 is 1.42 bits per heavy atom. The minimum atomic E-state index is -0.598. The van der Waals surface area contributed by atoms with Crippen molar-refractivity contribution in [2.75, 3.05) is 11.4 Å². The van der Waals surface area contributed by atoms with E-state index < -0.39 is 17.4 Å². The molecule has 4 aromatic rings. The summed E-state index contributed by atoms with van der Waals surface area (Å²) in [5, 5.41) is 2.15. The SMILES string of the molecule is CC1(C)C[C@](C)(c2ccc(Cl)cc2)c2ccccc2N1C(=O)CN1C(=O)c2cccc3cccc(c23)C1=O. The van der Waals surface area contributed by atoms with Gasteiger partial charge in [0.1, 0.15) is 6.54 Å². The maximum atomic E-state index is 14.0. The van der Waals surface area contributed by atoms with Gasteiger partial charge in [-0.25, -0.2) is 0 Å². The number of carbonyl (C=O) groups excluding carboxylic acids is 3. The second kappa shape index (κ2) is 8.53. The van der Waals surface area contributed by atoms with Gasteiger partial charge in [-0.05, 0) is 67.1 Å². The van der Waals surface area contributed by atoms with Gasteiger partial charge in [-0.3, -0.25) is 19.3 Å². The average molecular weight is 523 g/mol. The molecule has 190 valence electrons. The molecule has 0 fully saturated rings. The summed E-state index contributed by atoms with van der Waals surface area (Å²) in [5.74, 6) is -1.18. The van der Waals surface area contributed by atoms with Gasteiger partial charge in [0, 0.05) is 38.2 Å². The predicted octanol–water partition coefficient (Wildman–Crippen LogP) is 6.61. The van der Waals surface area contributed by atoms with E-state index in [2.05, 4.69) is 6.92 Å². The minimum absolute atomic E-state index is 0.297. The van der Waals surface area contributed by atoms with Crippen LogP contribution in [0.25, 0.3) is 10.8 Å². The molecule has 0 unspecified atom stereocenters. The van der Waals surface area contributed by atoms with Crippen LogP contribution in [0.1, 0.15) is 59.0 Å². The molecule has 1 atom stereocenters. The van der Waals surface area contributed by atoms with Gasteiger partial charge in [0.05, 0.1) is 0 Å². The molecule has 0 bridgehead atoms. The van der Waals surface area contributed by atoms with E-state index in [4.69, 9.17) is 11.6 Å². The van der Waals surface area contributed by atoms with Crippen LogP contribution in [0.3, 0.4) is 0 Å². The Balaban J connectivity index is 1.39. The van der Waals surface area contributed by atoms with E-state index >= 15 is 0 Å². The number of para-hydroxylation sites is 1. The molecule has 0 saturated heterocycles. The zero-order valence-corrected chi connectivity index (χ0v) is 22.3. The fourth-order valence-corrected chi connectivity index (χ4v) is 6.60. The van der Waals surface area contributed by atoms with Gasteiger partial charge in [0.2, 0.25) is 5.91 Å². The molecule has 38 heavy (non-hydrogen) atoms. The first kappa shape index (κ1) is 24.4. The lowest BCUT2D eigenvalue weighted by Crippen LogP contribution is -2.58. The van der Waals surface area contributed by atoms with Gasteiger partial charge in [-0.2, -0.15) is 0 Å². The molecule has 0 aliphatic carbocycles. The summed E-state index contributed by atoms with van der Waals surface area (Å²) < 4.78 is 0. The highest BCUT2D eigenvalue weighted by Gasteiger charge is 2.48. The largest absolute Gasteiger partial charge is 0.305 e. The number of hydrogen-bond acceptors (Lipinski definition) is 3. The second-order valence-electron chi connectivity index (χ2n) is 11.0. The molecule has 6 rings (SSSR count). The highest BCUT2D eigenvalue weighted by molar-refractivity contribution is 6.30. The van der Waals surface area contributed by atoms with Crippen molar-refractivity contribution in [2.24, 2.45) is 0 Å². The fourth-order valence-electron chi connectivity index (χ4n) is 6.48. The lowest BCUT2D eigenvalue weighted by atomic mass is 9.65. The van der Waals surface area contributed by atoms with Crippen LogP contribution >= 0.6 is 11.6 Å². The fraction of sp³-hybridized carbons (Fsp3) is 0.219. The topological polar surface area (TPSA) is 57.7 Å². The number of carbonyl (C=O) groups is 3. The van der Waals surface area contributed by atoms with Gasteiger partial charge in [-0.15, -0.1) is 0 Å². The van der Waals surface area contributed by atoms with Crippen LogP contribution in [-0.4, -0.2) is 34.7 Å². The predicted molar refractivity (Wildman–Crippen MR) is 150 cm³/mol. The van der Waals surface area contributed by atoms with E-state index in [9.17, 15) is 14.4 Å². The number of fused-ring (bicyclic) bond motifs is 1. The number of rotatable bonds is 3. The molecule has 0 N–H and O–H groups in total. The van der Waals surface area contributed by atoms with Crippen LogP contribution in [0.15, 0.2) is 84.9 Å². The Kier molecular flexibility index (Phi) is 5.48. The summed E-state index contributed by atoms with van der Waals surface area (Å²) in [6.07, 6.45) is 0.647. The number of anilines is 1. The molecule has 3 amide bonds. The van der Waals surface area contributed by atoms with Gasteiger partial charge < -0.3 is 4.90 Å². The molecule has 0 saturated carbocycles. The van der Waals surface area contributed by atoms with Crippen LogP contribution in [-0.2, 0) is 10.2 Å². The first-order chi connectivity index (χ1) is 18.1. The quantitative estimate of drug-likeness (QED) is 0.284. The number of halogens is 1. The Labute approximate surface area is 226 Å². The lowest BCUT2D eigenvalue weighted by molar-refractivity contribution is -0.120. The zero-order valence-electron chi connectivity index (χ0n) is 21.5. The van der Waals surface area contributed by atoms with E-state index in [0.29, 0.717) is 28.0 Å². The Morgan fingerprint density at radius 1 is 0.816 bits per heavy atom. The number of hydrogen-bond donors (Lipinski definition) is 0. The molecule has 5 nitrogen and oxygen atoms in total. The summed E-state index contributed by atoms with van der Waals surface area (Å²) in [5.41, 5.74) is 2.83. The van der Waals surface area contributed by atoms with Crippen LogP contribution in [0, 0.1) is 0 Å². The molecule has 0 aromatic heterocycles.